The van der Waals surface area contributed by atoms with Crippen molar-refractivity contribution in [3.63, 3.8) is 0 Å². The van der Waals surface area contributed by atoms with Gasteiger partial charge in [-0.25, -0.2) is 4.98 Å². The summed E-state index contributed by atoms with van der Waals surface area (Å²) in [6, 6.07) is 10.5. The number of benzene rings is 1. The summed E-state index contributed by atoms with van der Waals surface area (Å²) in [6.45, 7) is 0.641. The molecule has 0 saturated heterocycles. The Morgan fingerprint density at radius 3 is 2.67 bits per heavy atom. The highest BCUT2D eigenvalue weighted by Crippen LogP contribution is 2.21. The second-order valence-electron chi connectivity index (χ2n) is 4.66. The molecule has 4 heteroatoms. The molecule has 0 aliphatic heterocycles. The van der Waals surface area contributed by atoms with Crippen molar-refractivity contribution in [1.82, 2.24) is 15.3 Å². The third-order valence-electron chi connectivity index (χ3n) is 3.36. The molecule has 0 amide bonds. The van der Waals surface area contributed by atoms with Crippen molar-refractivity contribution in [1.29, 1.82) is 0 Å². The van der Waals surface area contributed by atoms with Gasteiger partial charge in [0.25, 0.3) is 5.56 Å². The Bertz CT molecular complexity index is 581. The highest BCUT2D eigenvalue weighted by atomic mass is 16.1. The first-order valence-corrected chi connectivity index (χ1v) is 6.15. The van der Waals surface area contributed by atoms with E-state index in [1.54, 1.807) is 0 Å². The van der Waals surface area contributed by atoms with E-state index in [1.807, 2.05) is 0 Å². The smallest absolute Gasteiger partial charge is 0.250 e. The van der Waals surface area contributed by atoms with E-state index in [4.69, 9.17) is 0 Å². The number of hydrogen-bond donors (Lipinski definition) is 2. The van der Waals surface area contributed by atoms with E-state index < -0.39 is 0 Å². The van der Waals surface area contributed by atoms with Gasteiger partial charge in [-0.05, 0) is 24.0 Å². The minimum atomic E-state index is -0.100. The van der Waals surface area contributed by atoms with Crippen LogP contribution in [-0.4, -0.2) is 16.0 Å². The lowest BCUT2D eigenvalue weighted by atomic mass is 10.1. The van der Waals surface area contributed by atoms with Gasteiger partial charge in [-0.15, -0.1) is 0 Å². The van der Waals surface area contributed by atoms with Gasteiger partial charge in [0.05, 0.1) is 12.0 Å². The van der Waals surface area contributed by atoms with Gasteiger partial charge in [0.2, 0.25) is 0 Å². The highest BCUT2D eigenvalue weighted by Gasteiger charge is 2.20. The number of fused-ring (bicyclic) bond motifs is 1. The number of hydrogen-bond acceptors (Lipinski definition) is 3. The van der Waals surface area contributed by atoms with Crippen LogP contribution in [0, 0.1) is 0 Å². The fourth-order valence-electron chi connectivity index (χ4n) is 2.46. The number of H-pyrrole nitrogens is 1. The van der Waals surface area contributed by atoms with E-state index in [-0.39, 0.29) is 5.56 Å². The molecule has 0 saturated carbocycles. The van der Waals surface area contributed by atoms with Crippen molar-refractivity contribution in [2.24, 2.45) is 0 Å². The fourth-order valence-corrected chi connectivity index (χ4v) is 2.46. The molecule has 0 atom stereocenters. The lowest BCUT2D eigenvalue weighted by Gasteiger charge is -2.10. The van der Waals surface area contributed by atoms with E-state index in [2.05, 4.69) is 39.6 Å². The van der Waals surface area contributed by atoms with Gasteiger partial charge < -0.3 is 10.3 Å². The topological polar surface area (TPSA) is 57.8 Å². The minimum Gasteiger partial charge on any atom is -0.313 e. The zero-order valence-corrected chi connectivity index (χ0v) is 10.0. The Kier molecular flexibility index (Phi) is 2.94. The minimum absolute atomic E-state index is 0.100. The Balaban J connectivity index is 1.62. The SMILES string of the molecule is O=c1cc(CNC2Cc3ccccc3C2)nc[nH]1. The van der Waals surface area contributed by atoms with Crippen LogP contribution in [0.5, 0.6) is 0 Å². The molecular weight excluding hydrogens is 226 g/mol. The average Bonchev–Trinajstić information content (AvgIpc) is 2.79. The van der Waals surface area contributed by atoms with E-state index in [1.165, 1.54) is 23.5 Å². The molecule has 4 nitrogen and oxygen atoms in total. The van der Waals surface area contributed by atoms with Crippen molar-refractivity contribution >= 4 is 0 Å². The maximum absolute atomic E-state index is 11.1. The van der Waals surface area contributed by atoms with Crippen LogP contribution >= 0.6 is 0 Å². The van der Waals surface area contributed by atoms with Crippen LogP contribution in [0.15, 0.2) is 41.5 Å². The predicted molar refractivity (Wildman–Crippen MR) is 69.3 cm³/mol. The second-order valence-corrected chi connectivity index (χ2v) is 4.66. The van der Waals surface area contributed by atoms with Crippen LogP contribution < -0.4 is 10.9 Å². The molecule has 1 heterocycles. The summed E-state index contributed by atoms with van der Waals surface area (Å²) in [5, 5.41) is 3.46. The molecule has 18 heavy (non-hydrogen) atoms. The Labute approximate surface area is 105 Å². The molecule has 1 aromatic heterocycles. The van der Waals surface area contributed by atoms with Crippen LogP contribution in [0.25, 0.3) is 0 Å². The normalized spacial score (nSPS) is 14.7. The maximum Gasteiger partial charge on any atom is 0.250 e. The van der Waals surface area contributed by atoms with Gasteiger partial charge in [0, 0.05) is 18.7 Å². The number of aromatic amines is 1. The van der Waals surface area contributed by atoms with Gasteiger partial charge in [-0.3, -0.25) is 4.79 Å². The lowest BCUT2D eigenvalue weighted by molar-refractivity contribution is 0.527. The van der Waals surface area contributed by atoms with Gasteiger partial charge in [-0.2, -0.15) is 0 Å². The molecule has 0 bridgehead atoms. The standard InChI is InChI=1S/C14H15N3O/c18-14-7-13(16-9-17-14)8-15-12-5-10-3-1-2-4-11(10)6-12/h1-4,7,9,12,15H,5-6,8H2,(H,16,17,18). The molecule has 92 valence electrons. The molecule has 2 aromatic rings. The molecule has 1 aliphatic rings. The summed E-state index contributed by atoms with van der Waals surface area (Å²) in [5.41, 5.74) is 3.54. The zero-order valence-electron chi connectivity index (χ0n) is 10.0. The van der Waals surface area contributed by atoms with Crippen LogP contribution in [-0.2, 0) is 19.4 Å². The zero-order chi connectivity index (χ0) is 12.4. The van der Waals surface area contributed by atoms with Crippen molar-refractivity contribution < 1.29 is 0 Å². The van der Waals surface area contributed by atoms with Gasteiger partial charge >= 0.3 is 0 Å². The summed E-state index contributed by atoms with van der Waals surface area (Å²) in [5.74, 6) is 0. The Morgan fingerprint density at radius 2 is 2.00 bits per heavy atom. The number of rotatable bonds is 3. The van der Waals surface area contributed by atoms with Gasteiger partial charge in [-0.1, -0.05) is 24.3 Å². The summed E-state index contributed by atoms with van der Waals surface area (Å²) in [4.78, 5) is 17.8. The summed E-state index contributed by atoms with van der Waals surface area (Å²) < 4.78 is 0. The van der Waals surface area contributed by atoms with E-state index in [0.29, 0.717) is 12.6 Å². The molecule has 3 rings (SSSR count). The maximum atomic E-state index is 11.1. The van der Waals surface area contributed by atoms with Crippen LogP contribution in [0.1, 0.15) is 16.8 Å². The Hall–Kier alpha value is -1.94. The first kappa shape index (κ1) is 11.2. The van der Waals surface area contributed by atoms with Crippen LogP contribution in [0.3, 0.4) is 0 Å². The van der Waals surface area contributed by atoms with Gasteiger partial charge in [0.1, 0.15) is 0 Å². The average molecular weight is 241 g/mol. The molecule has 0 unspecified atom stereocenters. The number of nitrogens with one attached hydrogen (secondary N) is 2. The summed E-state index contributed by atoms with van der Waals surface area (Å²) in [7, 11) is 0. The lowest BCUT2D eigenvalue weighted by Crippen LogP contribution is -2.29. The number of aromatic nitrogens is 2. The van der Waals surface area contributed by atoms with Crippen LogP contribution in [0.2, 0.25) is 0 Å². The molecular formula is C14H15N3O. The summed E-state index contributed by atoms with van der Waals surface area (Å²) >= 11 is 0. The molecule has 0 spiro atoms. The molecule has 0 fully saturated rings. The third-order valence-corrected chi connectivity index (χ3v) is 3.36. The molecule has 2 N–H and O–H groups in total. The molecule has 1 aromatic carbocycles. The third kappa shape index (κ3) is 2.33. The predicted octanol–water partition coefficient (Wildman–Crippen LogP) is 1.03. The van der Waals surface area contributed by atoms with E-state index in [9.17, 15) is 4.79 Å². The quantitative estimate of drug-likeness (QED) is 0.843. The van der Waals surface area contributed by atoms with Gasteiger partial charge in [0.15, 0.2) is 0 Å². The van der Waals surface area contributed by atoms with E-state index in [0.717, 1.165) is 18.5 Å². The monoisotopic (exact) mass is 241 g/mol. The van der Waals surface area contributed by atoms with Crippen molar-refractivity contribution in [3.05, 3.63) is 63.8 Å². The first-order valence-electron chi connectivity index (χ1n) is 6.15. The molecule has 0 radical (unpaired) electrons. The molecule has 1 aliphatic carbocycles. The number of nitrogens with zero attached hydrogens (tertiary/aromatic N) is 1. The second kappa shape index (κ2) is 4.74. The van der Waals surface area contributed by atoms with Crippen molar-refractivity contribution in [2.45, 2.75) is 25.4 Å². The fraction of sp³-hybridized carbons (Fsp3) is 0.286. The Morgan fingerprint density at radius 1 is 1.28 bits per heavy atom. The largest absolute Gasteiger partial charge is 0.313 e. The van der Waals surface area contributed by atoms with Crippen molar-refractivity contribution in [3.8, 4) is 0 Å². The summed E-state index contributed by atoms with van der Waals surface area (Å²) in [6.07, 6.45) is 3.56. The van der Waals surface area contributed by atoms with Crippen LogP contribution in [0.4, 0.5) is 0 Å². The highest BCUT2D eigenvalue weighted by molar-refractivity contribution is 5.33. The van der Waals surface area contributed by atoms with Crippen molar-refractivity contribution in [2.75, 3.05) is 0 Å². The first-order chi connectivity index (χ1) is 8.81. The van der Waals surface area contributed by atoms with E-state index >= 15 is 0 Å².